The number of sulfonamides is 1. The Hall–Kier alpha value is -1.60. The van der Waals surface area contributed by atoms with Crippen molar-refractivity contribution in [2.24, 2.45) is 0 Å². The maximum absolute atomic E-state index is 11.9. The van der Waals surface area contributed by atoms with Crippen molar-refractivity contribution in [2.75, 3.05) is 17.1 Å². The minimum Gasteiger partial charge on any atom is -0.465 e. The van der Waals surface area contributed by atoms with Crippen LogP contribution < -0.4 is 4.72 Å². The van der Waals surface area contributed by atoms with E-state index in [-0.39, 0.29) is 6.61 Å². The first kappa shape index (κ1) is 15.8. The van der Waals surface area contributed by atoms with Gasteiger partial charge in [-0.1, -0.05) is 28.1 Å². The smallest absolute Gasteiger partial charge is 0.323 e. The Morgan fingerprint density at radius 3 is 2.57 bits per heavy atom. The van der Waals surface area contributed by atoms with Crippen molar-refractivity contribution >= 4 is 48.4 Å². The molecule has 21 heavy (non-hydrogen) atoms. The van der Waals surface area contributed by atoms with Gasteiger partial charge in [0.25, 0.3) is 0 Å². The monoisotopic (exact) mass is 371 g/mol. The van der Waals surface area contributed by atoms with E-state index in [1.165, 1.54) is 0 Å². The first-order valence-electron chi connectivity index (χ1n) is 6.25. The van der Waals surface area contributed by atoms with Crippen molar-refractivity contribution in [1.82, 2.24) is 0 Å². The molecule has 0 radical (unpaired) electrons. The van der Waals surface area contributed by atoms with E-state index in [1.807, 2.05) is 24.3 Å². The molecule has 0 aliphatic heterocycles. The highest BCUT2D eigenvalue weighted by atomic mass is 79.9. The zero-order valence-electron chi connectivity index (χ0n) is 11.3. The molecule has 0 aliphatic carbocycles. The van der Waals surface area contributed by atoms with Crippen LogP contribution in [0.4, 0.5) is 5.69 Å². The van der Waals surface area contributed by atoms with Crippen molar-refractivity contribution in [3.63, 3.8) is 0 Å². The maximum atomic E-state index is 11.9. The molecule has 2 rings (SSSR count). The summed E-state index contributed by atoms with van der Waals surface area (Å²) in [6, 6.07) is 10.9. The molecule has 2 aromatic rings. The zero-order valence-corrected chi connectivity index (χ0v) is 13.7. The quantitative estimate of drug-likeness (QED) is 0.820. The Kier molecular flexibility index (Phi) is 4.84. The number of benzene rings is 2. The van der Waals surface area contributed by atoms with E-state index in [9.17, 15) is 13.2 Å². The number of ether oxygens (including phenoxy) is 1. The third kappa shape index (κ3) is 4.44. The summed E-state index contributed by atoms with van der Waals surface area (Å²) in [6.07, 6.45) is 0. The van der Waals surface area contributed by atoms with Crippen LogP contribution in [0.2, 0.25) is 0 Å². The largest absolute Gasteiger partial charge is 0.465 e. The molecule has 0 atom stereocenters. The molecule has 0 aliphatic rings. The van der Waals surface area contributed by atoms with Crippen LogP contribution in [0.5, 0.6) is 0 Å². The van der Waals surface area contributed by atoms with Crippen molar-refractivity contribution in [3.05, 3.63) is 40.9 Å². The summed E-state index contributed by atoms with van der Waals surface area (Å²) in [5, 5.41) is 1.88. The molecule has 7 heteroatoms. The summed E-state index contributed by atoms with van der Waals surface area (Å²) < 4.78 is 31.7. The lowest BCUT2D eigenvalue weighted by atomic mass is 10.1. The highest BCUT2D eigenvalue weighted by molar-refractivity contribution is 9.10. The fourth-order valence-corrected chi connectivity index (χ4v) is 3.18. The zero-order chi connectivity index (χ0) is 15.5. The second-order valence-corrected chi connectivity index (χ2v) is 7.01. The minimum atomic E-state index is -3.77. The minimum absolute atomic E-state index is 0.152. The lowest BCUT2D eigenvalue weighted by Gasteiger charge is -2.08. The molecule has 0 spiro atoms. The van der Waals surface area contributed by atoms with Crippen LogP contribution in [0.15, 0.2) is 40.9 Å². The predicted molar refractivity (Wildman–Crippen MR) is 85.7 cm³/mol. The molecule has 0 bridgehead atoms. The average molecular weight is 372 g/mol. The van der Waals surface area contributed by atoms with Gasteiger partial charge in [-0.25, -0.2) is 8.42 Å². The number of esters is 1. The van der Waals surface area contributed by atoms with E-state index in [0.29, 0.717) is 5.69 Å². The number of hydrogen-bond donors (Lipinski definition) is 1. The molecule has 112 valence electrons. The van der Waals surface area contributed by atoms with Crippen LogP contribution in [0.1, 0.15) is 6.92 Å². The molecular formula is C14H14BrNO4S. The third-order valence-corrected chi connectivity index (χ3v) is 4.34. The Labute approximate surface area is 131 Å². The van der Waals surface area contributed by atoms with Crippen LogP contribution in [0, 0.1) is 0 Å². The molecule has 0 saturated heterocycles. The van der Waals surface area contributed by atoms with Gasteiger partial charge in [0.1, 0.15) is 0 Å². The van der Waals surface area contributed by atoms with Crippen LogP contribution >= 0.6 is 15.9 Å². The molecule has 0 heterocycles. The number of halogens is 1. The fourth-order valence-electron chi connectivity index (χ4n) is 1.85. The number of fused-ring (bicyclic) bond motifs is 1. The molecule has 0 aromatic heterocycles. The van der Waals surface area contributed by atoms with E-state index in [4.69, 9.17) is 0 Å². The van der Waals surface area contributed by atoms with Crippen LogP contribution in [-0.2, 0) is 19.6 Å². The van der Waals surface area contributed by atoms with Crippen molar-refractivity contribution in [2.45, 2.75) is 6.92 Å². The van der Waals surface area contributed by atoms with Gasteiger partial charge < -0.3 is 4.74 Å². The summed E-state index contributed by atoms with van der Waals surface area (Å²) >= 11 is 3.38. The Balaban J connectivity index is 2.19. The third-order valence-electron chi connectivity index (χ3n) is 2.69. The molecule has 0 amide bonds. The van der Waals surface area contributed by atoms with Gasteiger partial charge in [0, 0.05) is 10.2 Å². The normalized spacial score (nSPS) is 11.3. The van der Waals surface area contributed by atoms with Crippen molar-refractivity contribution in [1.29, 1.82) is 0 Å². The summed E-state index contributed by atoms with van der Waals surface area (Å²) in [4.78, 5) is 11.3. The fraction of sp³-hybridized carbons (Fsp3) is 0.214. The summed E-state index contributed by atoms with van der Waals surface area (Å²) in [6.45, 7) is 1.78. The molecule has 0 unspecified atom stereocenters. The van der Waals surface area contributed by atoms with Gasteiger partial charge in [0.15, 0.2) is 5.75 Å². The van der Waals surface area contributed by atoms with Gasteiger partial charge >= 0.3 is 5.97 Å². The van der Waals surface area contributed by atoms with Crippen LogP contribution in [-0.4, -0.2) is 26.7 Å². The highest BCUT2D eigenvalue weighted by Crippen LogP contribution is 2.23. The first-order chi connectivity index (χ1) is 9.89. The van der Waals surface area contributed by atoms with Gasteiger partial charge in [-0.3, -0.25) is 9.52 Å². The number of anilines is 1. The van der Waals surface area contributed by atoms with Gasteiger partial charge in [-0.15, -0.1) is 0 Å². The predicted octanol–water partition coefficient (Wildman–Crippen LogP) is 2.91. The van der Waals surface area contributed by atoms with Crippen molar-refractivity contribution in [3.8, 4) is 0 Å². The topological polar surface area (TPSA) is 72.5 Å². The Bertz CT molecular complexity index is 774. The standard InChI is InChI=1S/C14H14BrNO4S/c1-2-20-14(17)9-21(18,19)16-13-6-4-10-7-12(15)5-3-11(10)8-13/h3-8,16H,2,9H2,1H3. The average Bonchev–Trinajstić information content (AvgIpc) is 2.38. The molecule has 0 saturated carbocycles. The Morgan fingerprint density at radius 2 is 1.86 bits per heavy atom. The lowest BCUT2D eigenvalue weighted by Crippen LogP contribution is -2.24. The van der Waals surface area contributed by atoms with E-state index in [0.717, 1.165) is 15.2 Å². The first-order valence-corrected chi connectivity index (χ1v) is 8.69. The van der Waals surface area contributed by atoms with E-state index >= 15 is 0 Å². The second-order valence-electron chi connectivity index (χ2n) is 4.37. The molecule has 5 nitrogen and oxygen atoms in total. The number of hydrogen-bond acceptors (Lipinski definition) is 4. The SMILES string of the molecule is CCOC(=O)CS(=O)(=O)Nc1ccc2cc(Br)ccc2c1. The van der Waals surface area contributed by atoms with Gasteiger partial charge in [-0.05, 0) is 42.0 Å². The highest BCUT2D eigenvalue weighted by Gasteiger charge is 2.17. The second kappa shape index (κ2) is 6.44. The molecular weight excluding hydrogens is 358 g/mol. The van der Waals surface area contributed by atoms with Crippen LogP contribution in [0.25, 0.3) is 10.8 Å². The maximum Gasteiger partial charge on any atom is 0.323 e. The van der Waals surface area contributed by atoms with E-state index in [2.05, 4.69) is 25.4 Å². The van der Waals surface area contributed by atoms with Gasteiger partial charge in [0.2, 0.25) is 10.0 Å². The molecule has 1 N–H and O–H groups in total. The summed E-state index contributed by atoms with van der Waals surface area (Å²) in [7, 11) is -3.77. The van der Waals surface area contributed by atoms with Crippen LogP contribution in [0.3, 0.4) is 0 Å². The number of carbonyl (C=O) groups is 1. The van der Waals surface area contributed by atoms with Crippen molar-refractivity contribution < 1.29 is 17.9 Å². The van der Waals surface area contributed by atoms with E-state index < -0.39 is 21.7 Å². The van der Waals surface area contributed by atoms with Gasteiger partial charge in [0.05, 0.1) is 6.61 Å². The summed E-state index contributed by atoms with van der Waals surface area (Å²) in [5.74, 6) is -1.46. The molecule has 0 fully saturated rings. The van der Waals surface area contributed by atoms with Gasteiger partial charge in [-0.2, -0.15) is 0 Å². The Morgan fingerprint density at radius 1 is 1.19 bits per heavy atom. The molecule has 2 aromatic carbocycles. The lowest BCUT2D eigenvalue weighted by molar-refractivity contribution is -0.139. The summed E-state index contributed by atoms with van der Waals surface area (Å²) in [5.41, 5.74) is 0.411. The van der Waals surface area contributed by atoms with E-state index in [1.54, 1.807) is 19.1 Å². The number of rotatable bonds is 5. The number of nitrogens with one attached hydrogen (secondary N) is 1. The number of carbonyl (C=O) groups excluding carboxylic acids is 1.